The molecule has 2 aromatic rings. The van der Waals surface area contributed by atoms with E-state index < -0.39 is 0 Å². The van der Waals surface area contributed by atoms with Gasteiger partial charge in [-0.25, -0.2) is 0 Å². The number of rotatable bonds is 7. The van der Waals surface area contributed by atoms with Gasteiger partial charge in [-0.2, -0.15) is 0 Å². The first-order valence-electron chi connectivity index (χ1n) is 8.10. The molecule has 0 aromatic heterocycles. The molecule has 1 heterocycles. The molecular formula is C19H21NO4. The molecule has 2 aromatic carbocycles. The summed E-state index contributed by atoms with van der Waals surface area (Å²) < 4.78 is 16.4. The first-order valence-corrected chi connectivity index (χ1v) is 8.10. The number of amides is 1. The molecule has 1 saturated heterocycles. The third-order valence-corrected chi connectivity index (χ3v) is 3.72. The highest BCUT2D eigenvalue weighted by Gasteiger charge is 2.19. The van der Waals surface area contributed by atoms with E-state index in [1.165, 1.54) is 0 Å². The average Bonchev–Trinajstić information content (AvgIpc) is 2.54. The molecule has 5 heteroatoms. The number of carbonyl (C=O) groups excluding carboxylic acids is 1. The van der Waals surface area contributed by atoms with Crippen LogP contribution in [0.1, 0.15) is 17.3 Å². The van der Waals surface area contributed by atoms with Crippen LogP contribution in [0.5, 0.6) is 11.5 Å². The first kappa shape index (κ1) is 16.3. The molecular weight excluding hydrogens is 306 g/mol. The second kappa shape index (κ2) is 7.84. The normalized spacial score (nSPS) is 13.9. The first-order chi connectivity index (χ1) is 11.8. The average molecular weight is 327 g/mol. The van der Waals surface area contributed by atoms with Gasteiger partial charge in [0.15, 0.2) is 0 Å². The highest BCUT2D eigenvalue weighted by Crippen LogP contribution is 2.22. The highest BCUT2D eigenvalue weighted by molar-refractivity contribution is 6.06. The molecule has 1 fully saturated rings. The van der Waals surface area contributed by atoms with Gasteiger partial charge in [0.25, 0.3) is 5.91 Å². The Morgan fingerprint density at radius 1 is 1.17 bits per heavy atom. The third kappa shape index (κ3) is 4.06. The minimum atomic E-state index is -0.205. The summed E-state index contributed by atoms with van der Waals surface area (Å²) in [5.74, 6) is 1.57. The molecule has 1 N–H and O–H groups in total. The highest BCUT2D eigenvalue weighted by atomic mass is 16.5. The van der Waals surface area contributed by atoms with Crippen LogP contribution < -0.4 is 14.8 Å². The summed E-state index contributed by atoms with van der Waals surface area (Å²) in [6, 6.07) is 14.6. The molecule has 24 heavy (non-hydrogen) atoms. The summed E-state index contributed by atoms with van der Waals surface area (Å²) >= 11 is 0. The van der Waals surface area contributed by atoms with Gasteiger partial charge in [-0.1, -0.05) is 18.2 Å². The zero-order valence-corrected chi connectivity index (χ0v) is 13.7. The maximum Gasteiger partial charge on any atom is 0.259 e. The second-order valence-corrected chi connectivity index (χ2v) is 5.63. The van der Waals surface area contributed by atoms with Gasteiger partial charge in [-0.05, 0) is 31.2 Å². The molecule has 3 rings (SSSR count). The van der Waals surface area contributed by atoms with Crippen LogP contribution in [-0.2, 0) is 4.74 Å². The number of benzene rings is 2. The van der Waals surface area contributed by atoms with Crippen LogP contribution in [0.15, 0.2) is 48.5 Å². The number of carbonyl (C=O) groups is 1. The molecule has 0 unspecified atom stereocenters. The molecule has 0 spiro atoms. The predicted octanol–water partition coefficient (Wildman–Crippen LogP) is 3.36. The lowest BCUT2D eigenvalue weighted by atomic mass is 10.1. The van der Waals surface area contributed by atoms with E-state index in [-0.39, 0.29) is 5.91 Å². The Bertz CT molecular complexity index is 697. The third-order valence-electron chi connectivity index (χ3n) is 3.72. The van der Waals surface area contributed by atoms with E-state index in [1.54, 1.807) is 12.1 Å². The minimum absolute atomic E-state index is 0.205. The summed E-state index contributed by atoms with van der Waals surface area (Å²) in [5.41, 5.74) is 1.20. The van der Waals surface area contributed by atoms with Crippen molar-refractivity contribution >= 4 is 11.6 Å². The second-order valence-electron chi connectivity index (χ2n) is 5.63. The smallest absolute Gasteiger partial charge is 0.259 e. The Morgan fingerprint density at radius 2 is 2.00 bits per heavy atom. The van der Waals surface area contributed by atoms with E-state index in [2.05, 4.69) is 5.32 Å². The summed E-state index contributed by atoms with van der Waals surface area (Å²) in [4.78, 5) is 12.5. The van der Waals surface area contributed by atoms with Crippen LogP contribution >= 0.6 is 0 Å². The molecule has 0 radical (unpaired) electrons. The number of hydrogen-bond donors (Lipinski definition) is 1. The summed E-state index contributed by atoms with van der Waals surface area (Å²) in [6.45, 7) is 4.54. The number of nitrogens with one attached hydrogen (secondary N) is 1. The minimum Gasteiger partial charge on any atom is -0.493 e. The van der Waals surface area contributed by atoms with E-state index in [0.29, 0.717) is 36.1 Å². The van der Waals surface area contributed by atoms with Gasteiger partial charge < -0.3 is 19.5 Å². The fourth-order valence-corrected chi connectivity index (χ4v) is 2.39. The number of anilines is 1. The van der Waals surface area contributed by atoms with E-state index in [9.17, 15) is 4.79 Å². The van der Waals surface area contributed by atoms with Crippen molar-refractivity contribution in [2.75, 3.05) is 31.7 Å². The fraction of sp³-hybridized carbons (Fsp3) is 0.316. The summed E-state index contributed by atoms with van der Waals surface area (Å²) in [7, 11) is 0. The summed E-state index contributed by atoms with van der Waals surface area (Å²) in [6.07, 6.45) is 0. The van der Waals surface area contributed by atoms with Crippen LogP contribution in [0.4, 0.5) is 5.69 Å². The molecule has 1 aliphatic rings. The summed E-state index contributed by atoms with van der Waals surface area (Å²) in [5, 5.41) is 2.89. The van der Waals surface area contributed by atoms with Crippen molar-refractivity contribution in [2.24, 2.45) is 5.92 Å². The predicted molar refractivity (Wildman–Crippen MR) is 91.8 cm³/mol. The molecule has 5 nitrogen and oxygen atoms in total. The lowest BCUT2D eigenvalue weighted by Crippen LogP contribution is -2.32. The largest absolute Gasteiger partial charge is 0.493 e. The van der Waals surface area contributed by atoms with Crippen molar-refractivity contribution in [3.8, 4) is 11.5 Å². The molecule has 0 atom stereocenters. The van der Waals surface area contributed by atoms with Gasteiger partial charge in [0.05, 0.1) is 32.0 Å². The maximum absolute atomic E-state index is 12.5. The molecule has 0 bridgehead atoms. The van der Waals surface area contributed by atoms with Gasteiger partial charge in [0.2, 0.25) is 0 Å². The van der Waals surface area contributed by atoms with Gasteiger partial charge in [-0.15, -0.1) is 0 Å². The van der Waals surface area contributed by atoms with Crippen molar-refractivity contribution in [1.82, 2.24) is 0 Å². The van der Waals surface area contributed by atoms with Crippen LogP contribution in [0.2, 0.25) is 0 Å². The number of ether oxygens (including phenoxy) is 3. The maximum atomic E-state index is 12.5. The molecule has 1 aliphatic heterocycles. The Balaban J connectivity index is 1.65. The Labute approximate surface area is 141 Å². The lowest BCUT2D eigenvalue weighted by Gasteiger charge is -2.25. The zero-order chi connectivity index (χ0) is 16.8. The van der Waals surface area contributed by atoms with Crippen LogP contribution in [0.25, 0.3) is 0 Å². The lowest BCUT2D eigenvalue weighted by molar-refractivity contribution is -0.0508. The molecule has 0 saturated carbocycles. The van der Waals surface area contributed by atoms with Gasteiger partial charge in [0.1, 0.15) is 11.5 Å². The van der Waals surface area contributed by atoms with E-state index >= 15 is 0 Å². The Morgan fingerprint density at radius 3 is 2.75 bits per heavy atom. The number of hydrogen-bond acceptors (Lipinski definition) is 4. The molecule has 126 valence electrons. The van der Waals surface area contributed by atoms with E-state index in [0.717, 1.165) is 19.0 Å². The quantitative estimate of drug-likeness (QED) is 0.847. The fourth-order valence-electron chi connectivity index (χ4n) is 2.39. The number of para-hydroxylation sites is 1. The van der Waals surface area contributed by atoms with Crippen molar-refractivity contribution in [3.05, 3.63) is 54.1 Å². The van der Waals surface area contributed by atoms with Crippen molar-refractivity contribution in [3.63, 3.8) is 0 Å². The van der Waals surface area contributed by atoms with E-state index in [4.69, 9.17) is 14.2 Å². The van der Waals surface area contributed by atoms with Crippen molar-refractivity contribution in [1.29, 1.82) is 0 Å². The topological polar surface area (TPSA) is 56.8 Å². The van der Waals surface area contributed by atoms with Crippen LogP contribution in [-0.4, -0.2) is 32.3 Å². The molecule has 0 aliphatic carbocycles. The SMILES string of the molecule is CCOc1ccccc1C(=O)Nc1cccc(OCC2COC2)c1. The van der Waals surface area contributed by atoms with E-state index in [1.807, 2.05) is 43.3 Å². The standard InChI is InChI=1S/C19H21NO4/c1-2-23-18-9-4-3-8-17(18)19(21)20-15-6-5-7-16(10-15)24-13-14-11-22-12-14/h3-10,14H,2,11-13H2,1H3,(H,20,21). The van der Waals surface area contributed by atoms with Gasteiger partial charge in [0, 0.05) is 17.7 Å². The Hall–Kier alpha value is -2.53. The van der Waals surface area contributed by atoms with Crippen molar-refractivity contribution < 1.29 is 19.0 Å². The Kier molecular flexibility index (Phi) is 5.33. The van der Waals surface area contributed by atoms with Gasteiger partial charge in [-0.3, -0.25) is 4.79 Å². The monoisotopic (exact) mass is 327 g/mol. The zero-order valence-electron chi connectivity index (χ0n) is 13.7. The molecule has 1 amide bonds. The van der Waals surface area contributed by atoms with Crippen LogP contribution in [0, 0.1) is 5.92 Å². The van der Waals surface area contributed by atoms with Crippen LogP contribution in [0.3, 0.4) is 0 Å². The van der Waals surface area contributed by atoms with Crippen molar-refractivity contribution in [2.45, 2.75) is 6.92 Å². The van der Waals surface area contributed by atoms with Gasteiger partial charge >= 0.3 is 0 Å².